The molecule has 46 heavy (non-hydrogen) atoms. The third-order valence-corrected chi connectivity index (χ3v) is 8.40. The van der Waals surface area contributed by atoms with Crippen LogP contribution in [-0.4, -0.2) is 75.5 Å². The van der Waals surface area contributed by atoms with Crippen LogP contribution in [0.5, 0.6) is 0 Å². The summed E-state index contributed by atoms with van der Waals surface area (Å²) in [6, 6.07) is -0.721. The number of carbonyl (C=O) groups is 3. The average molecular weight is 654 g/mol. The van der Waals surface area contributed by atoms with E-state index < -0.39 is 18.1 Å². The first-order valence-electron chi connectivity index (χ1n) is 18.7. The van der Waals surface area contributed by atoms with Crippen molar-refractivity contribution in [3.63, 3.8) is 0 Å². The lowest BCUT2D eigenvalue weighted by Gasteiger charge is -2.34. The summed E-state index contributed by atoms with van der Waals surface area (Å²) in [7, 11) is 5.39. The molecular formula is C38H71NO7. The fourth-order valence-corrected chi connectivity index (χ4v) is 5.40. The number of unbranched alkanes of at least 4 members (excludes halogenated alkanes) is 17. The van der Waals surface area contributed by atoms with Gasteiger partial charge in [-0.2, -0.15) is 0 Å². The van der Waals surface area contributed by atoms with Gasteiger partial charge in [0.15, 0.2) is 6.10 Å². The maximum Gasteiger partial charge on any atom is 0.306 e. The van der Waals surface area contributed by atoms with Crippen molar-refractivity contribution in [2.24, 2.45) is 0 Å². The summed E-state index contributed by atoms with van der Waals surface area (Å²) in [5.41, 5.74) is 0. The van der Waals surface area contributed by atoms with Crippen LogP contribution in [0.2, 0.25) is 0 Å². The molecule has 0 spiro atoms. The Morgan fingerprint density at radius 1 is 0.630 bits per heavy atom. The molecule has 0 N–H and O–H groups in total. The Balaban J connectivity index is 4.43. The predicted molar refractivity (Wildman–Crippen MR) is 185 cm³/mol. The quantitative estimate of drug-likeness (QED) is 0.0308. The molecule has 2 atom stereocenters. The summed E-state index contributed by atoms with van der Waals surface area (Å²) < 4.78 is 17.0. The number of rotatable bonds is 33. The van der Waals surface area contributed by atoms with Gasteiger partial charge >= 0.3 is 11.9 Å². The number of nitrogens with zero attached hydrogens (tertiary/aromatic N) is 1. The molecule has 8 nitrogen and oxygen atoms in total. The number of carboxylic acids is 1. The lowest BCUT2D eigenvalue weighted by atomic mass is 10.0. The molecule has 0 radical (unpaired) electrons. The van der Waals surface area contributed by atoms with Crippen LogP contribution in [0.4, 0.5) is 0 Å². The van der Waals surface area contributed by atoms with Gasteiger partial charge in [-0.15, -0.1) is 0 Å². The van der Waals surface area contributed by atoms with Gasteiger partial charge in [0.05, 0.1) is 40.3 Å². The molecule has 0 rings (SSSR count). The third-order valence-electron chi connectivity index (χ3n) is 8.40. The lowest BCUT2D eigenvalue weighted by molar-refractivity contribution is -0.889. The molecule has 0 aliphatic carbocycles. The van der Waals surface area contributed by atoms with Crippen molar-refractivity contribution < 1.29 is 38.2 Å². The topological polar surface area (TPSA) is 102 Å². The Morgan fingerprint density at radius 2 is 1.11 bits per heavy atom. The molecule has 0 bridgehead atoms. The predicted octanol–water partition coefficient (Wildman–Crippen LogP) is 7.85. The van der Waals surface area contributed by atoms with E-state index in [1.54, 1.807) is 21.1 Å². The normalized spacial score (nSPS) is 13.2. The van der Waals surface area contributed by atoms with Crippen LogP contribution in [0.1, 0.15) is 162 Å². The highest BCUT2D eigenvalue weighted by Gasteiger charge is 2.25. The van der Waals surface area contributed by atoms with Crippen molar-refractivity contribution in [1.82, 2.24) is 0 Å². The molecule has 0 amide bonds. The van der Waals surface area contributed by atoms with Gasteiger partial charge in [0.2, 0.25) is 0 Å². The van der Waals surface area contributed by atoms with Gasteiger partial charge in [0.1, 0.15) is 12.6 Å². The van der Waals surface area contributed by atoms with Crippen LogP contribution >= 0.6 is 0 Å². The van der Waals surface area contributed by atoms with E-state index in [2.05, 4.69) is 26.0 Å². The summed E-state index contributed by atoms with van der Waals surface area (Å²) in [5, 5.41) is 11.5. The lowest BCUT2D eigenvalue weighted by Crippen LogP contribution is -2.55. The van der Waals surface area contributed by atoms with Gasteiger partial charge in [0, 0.05) is 19.3 Å². The van der Waals surface area contributed by atoms with Crippen LogP contribution in [0.15, 0.2) is 12.2 Å². The first kappa shape index (κ1) is 44.1. The maximum atomic E-state index is 12.6. The smallest absolute Gasteiger partial charge is 0.306 e. The molecule has 0 aromatic carbocycles. The molecule has 0 saturated heterocycles. The first-order chi connectivity index (χ1) is 22.1. The van der Waals surface area contributed by atoms with Gasteiger partial charge in [0.25, 0.3) is 0 Å². The van der Waals surface area contributed by atoms with Crippen molar-refractivity contribution in [3.8, 4) is 0 Å². The minimum absolute atomic E-state index is 0.0406. The van der Waals surface area contributed by atoms with Crippen molar-refractivity contribution in [2.45, 2.75) is 174 Å². The summed E-state index contributed by atoms with van der Waals surface area (Å²) in [6.45, 7) is 4.59. The van der Waals surface area contributed by atoms with Gasteiger partial charge < -0.3 is 28.6 Å². The third kappa shape index (κ3) is 28.3. The van der Waals surface area contributed by atoms with Gasteiger partial charge in [-0.25, -0.2) is 0 Å². The second kappa shape index (κ2) is 30.4. The number of esters is 2. The van der Waals surface area contributed by atoms with Crippen molar-refractivity contribution in [1.29, 1.82) is 0 Å². The van der Waals surface area contributed by atoms with Crippen molar-refractivity contribution >= 4 is 17.9 Å². The SMILES string of the molecule is CCCC/C=C/CCCCCCC(=O)OC(COCCC(C(=O)[O-])[N+](C)(C)C)COC(=O)CCCCCCCCCCCCCC. The molecule has 0 aromatic heterocycles. The maximum absolute atomic E-state index is 12.6. The van der Waals surface area contributed by atoms with E-state index in [0.717, 1.165) is 57.8 Å². The van der Waals surface area contributed by atoms with Gasteiger partial charge in [-0.3, -0.25) is 9.59 Å². The van der Waals surface area contributed by atoms with Gasteiger partial charge in [-0.1, -0.05) is 122 Å². The Bertz CT molecular complexity index is 778. The highest BCUT2D eigenvalue weighted by molar-refractivity contribution is 5.70. The number of hydrogen-bond acceptors (Lipinski definition) is 7. The number of carboxylic acid groups (broad SMARTS) is 1. The van der Waals surface area contributed by atoms with Crippen molar-refractivity contribution in [3.05, 3.63) is 12.2 Å². The number of aliphatic carboxylic acids is 1. The minimum Gasteiger partial charge on any atom is -0.544 e. The largest absolute Gasteiger partial charge is 0.544 e. The van der Waals surface area contributed by atoms with Crippen LogP contribution in [0.3, 0.4) is 0 Å². The molecule has 270 valence electrons. The Kier molecular flexibility index (Phi) is 29.1. The molecule has 0 aromatic rings. The summed E-state index contributed by atoms with van der Waals surface area (Å²) in [5.74, 6) is -1.75. The second-order valence-corrected chi connectivity index (χ2v) is 13.8. The number of ether oxygens (including phenoxy) is 3. The molecule has 0 heterocycles. The number of quaternary nitrogens is 1. The fourth-order valence-electron chi connectivity index (χ4n) is 5.40. The Hall–Kier alpha value is -1.93. The van der Waals surface area contributed by atoms with Crippen LogP contribution in [0, 0.1) is 0 Å². The fraction of sp³-hybridized carbons (Fsp3) is 0.868. The zero-order valence-corrected chi connectivity index (χ0v) is 30.5. The minimum atomic E-state index is -1.13. The second-order valence-electron chi connectivity index (χ2n) is 13.8. The zero-order chi connectivity index (χ0) is 34.3. The molecule has 2 unspecified atom stereocenters. The van der Waals surface area contributed by atoms with E-state index in [0.29, 0.717) is 12.8 Å². The Morgan fingerprint density at radius 3 is 1.63 bits per heavy atom. The monoisotopic (exact) mass is 654 g/mol. The standard InChI is InChI=1S/C38H71NO7/c1-6-8-10-12-14-16-18-19-21-22-24-26-28-36(40)45-33-34(32-44-31-30-35(38(42)43)39(3,4)5)46-37(41)29-27-25-23-20-17-15-13-11-9-7-2/h13,15,34-35H,6-12,14,16-33H2,1-5H3/b15-13+. The number of allylic oxidation sites excluding steroid dienone is 2. The Labute approximate surface area is 282 Å². The average Bonchev–Trinajstić information content (AvgIpc) is 3.00. The molecule has 0 aliphatic rings. The number of likely N-dealkylation sites (N-methyl/N-ethyl adjacent to an activating group) is 1. The number of hydrogen-bond donors (Lipinski definition) is 0. The summed E-state index contributed by atoms with van der Waals surface area (Å²) in [4.78, 5) is 36.5. The zero-order valence-electron chi connectivity index (χ0n) is 30.5. The van der Waals surface area contributed by atoms with Crippen LogP contribution < -0.4 is 5.11 Å². The van der Waals surface area contributed by atoms with Gasteiger partial charge in [-0.05, 0) is 32.1 Å². The highest BCUT2D eigenvalue weighted by Crippen LogP contribution is 2.14. The van der Waals surface area contributed by atoms with E-state index in [-0.39, 0.29) is 42.7 Å². The molecule has 0 aliphatic heterocycles. The molecule has 0 saturated carbocycles. The van der Waals surface area contributed by atoms with Crippen LogP contribution in [-0.2, 0) is 28.6 Å². The highest BCUT2D eigenvalue weighted by atomic mass is 16.6. The van der Waals surface area contributed by atoms with Crippen LogP contribution in [0.25, 0.3) is 0 Å². The van der Waals surface area contributed by atoms with Crippen molar-refractivity contribution in [2.75, 3.05) is 41.0 Å². The summed E-state index contributed by atoms with van der Waals surface area (Å²) in [6.07, 6.45) is 28.0. The van der Waals surface area contributed by atoms with E-state index in [1.807, 2.05) is 0 Å². The first-order valence-corrected chi connectivity index (χ1v) is 18.7. The van der Waals surface area contributed by atoms with E-state index in [9.17, 15) is 19.5 Å². The summed E-state index contributed by atoms with van der Waals surface area (Å²) >= 11 is 0. The van der Waals surface area contributed by atoms with E-state index in [4.69, 9.17) is 14.2 Å². The molecule has 0 fully saturated rings. The molecule has 8 heteroatoms. The van der Waals surface area contributed by atoms with E-state index >= 15 is 0 Å². The van der Waals surface area contributed by atoms with E-state index in [1.165, 1.54) is 70.6 Å². The molecular weight excluding hydrogens is 582 g/mol. The number of carbonyl (C=O) groups excluding carboxylic acids is 3.